The molecule has 0 radical (unpaired) electrons. The van der Waals surface area contributed by atoms with E-state index in [2.05, 4.69) is 30.9 Å². The highest BCUT2D eigenvalue weighted by Gasteiger charge is 2.33. The average molecular weight is 304 g/mol. The van der Waals surface area contributed by atoms with Crippen molar-refractivity contribution in [3.8, 4) is 5.75 Å². The Morgan fingerprint density at radius 2 is 1.91 bits per heavy atom. The zero-order valence-corrected chi connectivity index (χ0v) is 14.2. The summed E-state index contributed by atoms with van der Waals surface area (Å²) in [6, 6.07) is 8.31. The molecule has 0 aromatic heterocycles. The zero-order valence-electron chi connectivity index (χ0n) is 14.2. The smallest absolute Gasteiger partial charge is 0.227 e. The molecule has 1 fully saturated rings. The first-order valence-corrected chi connectivity index (χ1v) is 8.11. The maximum atomic E-state index is 11.8. The number of ether oxygens (including phenoxy) is 1. The van der Waals surface area contributed by atoms with Crippen LogP contribution in [0.1, 0.15) is 25.8 Å². The molecule has 0 saturated carbocycles. The quantitative estimate of drug-likeness (QED) is 0.776. The molecule has 122 valence electrons. The molecule has 0 atom stereocenters. The van der Waals surface area contributed by atoms with Crippen LogP contribution in [0.2, 0.25) is 0 Å². The summed E-state index contributed by atoms with van der Waals surface area (Å²) >= 11 is 0. The monoisotopic (exact) mass is 304 g/mol. The topological polar surface area (TPSA) is 32.8 Å². The van der Waals surface area contributed by atoms with Crippen molar-refractivity contribution in [3.63, 3.8) is 0 Å². The van der Waals surface area contributed by atoms with Gasteiger partial charge in [-0.15, -0.1) is 0 Å². The molecule has 1 saturated heterocycles. The Bertz CT molecular complexity index is 476. The third-order valence-corrected chi connectivity index (χ3v) is 4.04. The van der Waals surface area contributed by atoms with Crippen LogP contribution in [0.25, 0.3) is 0 Å². The normalized spacial score (nSPS) is 15.7. The standard InChI is InChI=1S/C18H28N2O2/c1-14(2)9-10-22-17-7-5-15(6-8-17)11-20-12-16(13-20)18(21)19(3)4/h5-8,14,16H,9-13H2,1-4H3. The van der Waals surface area contributed by atoms with Gasteiger partial charge in [0.1, 0.15) is 5.75 Å². The van der Waals surface area contributed by atoms with Gasteiger partial charge in [-0.3, -0.25) is 9.69 Å². The van der Waals surface area contributed by atoms with E-state index >= 15 is 0 Å². The van der Waals surface area contributed by atoms with Crippen molar-refractivity contribution in [1.29, 1.82) is 0 Å². The van der Waals surface area contributed by atoms with Crippen molar-refractivity contribution >= 4 is 5.91 Å². The minimum Gasteiger partial charge on any atom is -0.494 e. The lowest BCUT2D eigenvalue weighted by molar-refractivity contribution is -0.138. The fourth-order valence-electron chi connectivity index (χ4n) is 2.58. The van der Waals surface area contributed by atoms with Crippen LogP contribution >= 0.6 is 0 Å². The molecule has 0 bridgehead atoms. The minimum atomic E-state index is 0.175. The van der Waals surface area contributed by atoms with Gasteiger partial charge < -0.3 is 9.64 Å². The highest BCUT2D eigenvalue weighted by Crippen LogP contribution is 2.21. The summed E-state index contributed by atoms with van der Waals surface area (Å²) in [6.45, 7) is 7.82. The van der Waals surface area contributed by atoms with Crippen LogP contribution in [0.15, 0.2) is 24.3 Å². The second kappa shape index (κ2) is 7.63. The van der Waals surface area contributed by atoms with Crippen LogP contribution in [0, 0.1) is 11.8 Å². The summed E-state index contributed by atoms with van der Waals surface area (Å²) in [5.41, 5.74) is 1.27. The van der Waals surface area contributed by atoms with Gasteiger partial charge in [-0.25, -0.2) is 0 Å². The van der Waals surface area contributed by atoms with Gasteiger partial charge in [0.25, 0.3) is 0 Å². The number of carbonyl (C=O) groups is 1. The molecule has 1 aliphatic heterocycles. The Kier molecular flexibility index (Phi) is 5.83. The van der Waals surface area contributed by atoms with Gasteiger partial charge in [0.15, 0.2) is 0 Å². The van der Waals surface area contributed by atoms with Crippen LogP contribution in [0.3, 0.4) is 0 Å². The maximum absolute atomic E-state index is 11.8. The van der Waals surface area contributed by atoms with Gasteiger partial charge in [-0.05, 0) is 30.0 Å². The van der Waals surface area contributed by atoms with E-state index in [1.54, 1.807) is 4.90 Å². The van der Waals surface area contributed by atoms with Crippen LogP contribution in [-0.2, 0) is 11.3 Å². The second-order valence-corrected chi connectivity index (χ2v) is 6.80. The van der Waals surface area contributed by atoms with E-state index in [-0.39, 0.29) is 11.8 Å². The first kappa shape index (κ1) is 16.8. The van der Waals surface area contributed by atoms with E-state index < -0.39 is 0 Å². The van der Waals surface area contributed by atoms with Crippen molar-refractivity contribution < 1.29 is 9.53 Å². The van der Waals surface area contributed by atoms with Gasteiger partial charge in [-0.2, -0.15) is 0 Å². The number of amides is 1. The lowest BCUT2D eigenvalue weighted by Crippen LogP contribution is -2.52. The predicted molar refractivity (Wildman–Crippen MR) is 88.9 cm³/mol. The zero-order chi connectivity index (χ0) is 16.1. The lowest BCUT2D eigenvalue weighted by atomic mass is 9.98. The maximum Gasteiger partial charge on any atom is 0.227 e. The van der Waals surface area contributed by atoms with Crippen molar-refractivity contribution in [2.75, 3.05) is 33.8 Å². The van der Waals surface area contributed by atoms with E-state index in [1.807, 2.05) is 26.2 Å². The third kappa shape index (κ3) is 4.73. The van der Waals surface area contributed by atoms with Crippen molar-refractivity contribution in [2.45, 2.75) is 26.8 Å². The summed E-state index contributed by atoms with van der Waals surface area (Å²) in [4.78, 5) is 15.8. The third-order valence-electron chi connectivity index (χ3n) is 4.04. The van der Waals surface area contributed by atoms with Gasteiger partial charge in [-0.1, -0.05) is 26.0 Å². The van der Waals surface area contributed by atoms with Gasteiger partial charge in [0.2, 0.25) is 5.91 Å². The molecular formula is C18H28N2O2. The van der Waals surface area contributed by atoms with Crippen molar-refractivity contribution in [3.05, 3.63) is 29.8 Å². The predicted octanol–water partition coefficient (Wildman–Crippen LogP) is 2.63. The summed E-state index contributed by atoms with van der Waals surface area (Å²) < 4.78 is 5.73. The molecule has 0 aliphatic carbocycles. The molecule has 1 amide bonds. The van der Waals surface area contributed by atoms with Crippen LogP contribution in [0.5, 0.6) is 5.75 Å². The summed E-state index contributed by atoms with van der Waals surface area (Å²) in [6.07, 6.45) is 1.08. The second-order valence-electron chi connectivity index (χ2n) is 6.80. The number of rotatable bonds is 7. The van der Waals surface area contributed by atoms with E-state index in [1.165, 1.54) is 5.56 Å². The highest BCUT2D eigenvalue weighted by atomic mass is 16.5. The van der Waals surface area contributed by atoms with Crippen molar-refractivity contribution in [1.82, 2.24) is 9.80 Å². The van der Waals surface area contributed by atoms with Crippen LogP contribution in [0.4, 0.5) is 0 Å². The van der Waals surface area contributed by atoms with Gasteiger partial charge >= 0.3 is 0 Å². The summed E-state index contributed by atoms with van der Waals surface area (Å²) in [5, 5.41) is 0. The summed E-state index contributed by atoms with van der Waals surface area (Å²) in [7, 11) is 3.64. The number of nitrogens with zero attached hydrogens (tertiary/aromatic N) is 2. The first-order valence-electron chi connectivity index (χ1n) is 8.11. The number of likely N-dealkylation sites (tertiary alicyclic amines) is 1. The first-order chi connectivity index (χ1) is 10.5. The molecule has 0 spiro atoms. The Labute approximate surface area is 134 Å². The van der Waals surface area contributed by atoms with E-state index in [9.17, 15) is 4.79 Å². The molecule has 0 N–H and O–H groups in total. The number of benzene rings is 1. The Morgan fingerprint density at radius 1 is 1.27 bits per heavy atom. The fourth-order valence-corrected chi connectivity index (χ4v) is 2.58. The van der Waals surface area contributed by atoms with E-state index in [0.717, 1.165) is 38.4 Å². The van der Waals surface area contributed by atoms with Crippen LogP contribution < -0.4 is 4.74 Å². The molecule has 2 rings (SSSR count). The largest absolute Gasteiger partial charge is 0.494 e. The molecular weight excluding hydrogens is 276 g/mol. The molecule has 1 aromatic carbocycles. The molecule has 1 aromatic rings. The van der Waals surface area contributed by atoms with Gasteiger partial charge in [0.05, 0.1) is 12.5 Å². The summed E-state index contributed by atoms with van der Waals surface area (Å²) in [5.74, 6) is 2.02. The number of hydrogen-bond donors (Lipinski definition) is 0. The molecule has 22 heavy (non-hydrogen) atoms. The van der Waals surface area contributed by atoms with E-state index in [0.29, 0.717) is 5.92 Å². The molecule has 4 nitrogen and oxygen atoms in total. The SMILES string of the molecule is CC(C)CCOc1ccc(CN2CC(C(=O)N(C)C)C2)cc1. The number of hydrogen-bond acceptors (Lipinski definition) is 3. The van der Waals surface area contributed by atoms with Crippen molar-refractivity contribution in [2.24, 2.45) is 11.8 Å². The number of carbonyl (C=O) groups excluding carboxylic acids is 1. The molecule has 1 heterocycles. The highest BCUT2D eigenvalue weighted by molar-refractivity contribution is 5.79. The van der Waals surface area contributed by atoms with E-state index in [4.69, 9.17) is 4.74 Å². The molecule has 4 heteroatoms. The average Bonchev–Trinajstić information content (AvgIpc) is 2.42. The minimum absolute atomic E-state index is 0.175. The molecule has 1 aliphatic rings. The Balaban J connectivity index is 1.73. The Morgan fingerprint density at radius 3 is 2.45 bits per heavy atom. The molecule has 0 unspecified atom stereocenters. The van der Waals surface area contributed by atoms with Gasteiger partial charge in [0, 0.05) is 33.7 Å². The Hall–Kier alpha value is -1.55. The lowest BCUT2D eigenvalue weighted by Gasteiger charge is -2.39. The fraction of sp³-hybridized carbons (Fsp3) is 0.611. The van der Waals surface area contributed by atoms with Crippen LogP contribution in [-0.4, -0.2) is 49.5 Å².